The predicted molar refractivity (Wildman–Crippen MR) is 62.1 cm³/mol. The molecule has 0 saturated carbocycles. The first kappa shape index (κ1) is 14.4. The molecule has 1 aromatic rings. The molecule has 4 nitrogen and oxygen atoms in total. The largest absolute Gasteiger partial charge is 0.398 e. The second-order valence-corrected chi connectivity index (χ2v) is 5.60. The highest BCUT2D eigenvalue weighted by Gasteiger charge is 2.22. The van der Waals surface area contributed by atoms with E-state index in [9.17, 15) is 17.2 Å². The van der Waals surface area contributed by atoms with E-state index in [4.69, 9.17) is 28.9 Å². The van der Waals surface area contributed by atoms with Crippen LogP contribution in [-0.2, 0) is 10.0 Å². The molecule has 0 unspecified atom stereocenters. The first-order chi connectivity index (χ1) is 7.74. The van der Waals surface area contributed by atoms with Gasteiger partial charge in [0.25, 0.3) is 6.43 Å². The Kier molecular flexibility index (Phi) is 4.54. The van der Waals surface area contributed by atoms with Crippen LogP contribution in [0.25, 0.3) is 0 Å². The van der Waals surface area contributed by atoms with Crippen LogP contribution in [0.3, 0.4) is 0 Å². The van der Waals surface area contributed by atoms with Crippen molar-refractivity contribution in [3.05, 3.63) is 22.2 Å². The minimum Gasteiger partial charge on any atom is -0.398 e. The van der Waals surface area contributed by atoms with E-state index in [0.29, 0.717) is 0 Å². The van der Waals surface area contributed by atoms with Crippen molar-refractivity contribution >= 4 is 38.9 Å². The number of sulfonamides is 1. The molecular formula is C8H8Cl2F2N2O2S. The number of hydrogen-bond acceptors (Lipinski definition) is 3. The maximum atomic E-state index is 11.9. The molecule has 0 radical (unpaired) electrons. The maximum Gasteiger partial charge on any atom is 0.251 e. The number of hydrogen-bond donors (Lipinski definition) is 2. The molecule has 0 saturated heterocycles. The summed E-state index contributed by atoms with van der Waals surface area (Å²) in [6.45, 7) is -1.01. The van der Waals surface area contributed by atoms with Crippen LogP contribution in [-0.4, -0.2) is 21.4 Å². The highest BCUT2D eigenvalue weighted by Crippen LogP contribution is 2.30. The number of nitrogens with two attached hydrogens (primary N) is 1. The summed E-state index contributed by atoms with van der Waals surface area (Å²) in [4.78, 5) is -0.454. The zero-order valence-corrected chi connectivity index (χ0v) is 10.6. The van der Waals surface area contributed by atoms with Crippen molar-refractivity contribution in [2.24, 2.45) is 0 Å². The van der Waals surface area contributed by atoms with Crippen molar-refractivity contribution in [1.29, 1.82) is 0 Å². The van der Waals surface area contributed by atoms with Gasteiger partial charge in [-0.05, 0) is 12.1 Å². The molecule has 0 heterocycles. The molecular weight excluding hydrogens is 297 g/mol. The first-order valence-corrected chi connectivity index (χ1v) is 6.50. The van der Waals surface area contributed by atoms with Gasteiger partial charge in [-0.3, -0.25) is 0 Å². The second kappa shape index (κ2) is 5.34. The van der Waals surface area contributed by atoms with Crippen LogP contribution in [0.4, 0.5) is 14.5 Å². The summed E-state index contributed by atoms with van der Waals surface area (Å²) in [6, 6.07) is 2.33. The van der Waals surface area contributed by atoms with Gasteiger partial charge in [0.05, 0.1) is 17.3 Å². The highest BCUT2D eigenvalue weighted by atomic mass is 35.5. The van der Waals surface area contributed by atoms with Crippen LogP contribution < -0.4 is 10.5 Å². The molecule has 9 heteroatoms. The predicted octanol–water partition coefficient (Wildman–Crippen LogP) is 2.12. The van der Waals surface area contributed by atoms with Crippen LogP contribution in [0.1, 0.15) is 0 Å². The molecule has 1 aromatic carbocycles. The summed E-state index contributed by atoms with van der Waals surface area (Å²) in [6.07, 6.45) is -2.81. The average molecular weight is 305 g/mol. The van der Waals surface area contributed by atoms with Crippen molar-refractivity contribution < 1.29 is 17.2 Å². The van der Waals surface area contributed by atoms with Crippen LogP contribution in [0.5, 0.6) is 0 Å². The molecule has 0 aliphatic carbocycles. The summed E-state index contributed by atoms with van der Waals surface area (Å²) in [5.41, 5.74) is 5.23. The smallest absolute Gasteiger partial charge is 0.251 e. The third-order valence-electron chi connectivity index (χ3n) is 1.73. The number of halogens is 4. The first-order valence-electron chi connectivity index (χ1n) is 4.26. The maximum absolute atomic E-state index is 11.9. The van der Waals surface area contributed by atoms with E-state index in [1.54, 1.807) is 4.72 Å². The Labute approximate surface area is 107 Å². The Hall–Kier alpha value is -0.630. The molecule has 0 fully saturated rings. The second-order valence-electron chi connectivity index (χ2n) is 3.05. The third kappa shape index (κ3) is 3.67. The standard InChI is InChI=1S/C8H8Cl2F2N2O2S/c9-4-1-5(10)8(6(13)2-4)17(15,16)14-3-7(11)12/h1-2,7,14H,3,13H2. The Morgan fingerprint density at radius 2 is 1.94 bits per heavy atom. The van der Waals surface area contributed by atoms with E-state index >= 15 is 0 Å². The molecule has 3 N–H and O–H groups in total. The SMILES string of the molecule is Nc1cc(Cl)cc(Cl)c1S(=O)(=O)NCC(F)F. The normalized spacial score (nSPS) is 12.1. The van der Waals surface area contributed by atoms with Gasteiger partial charge in [0.2, 0.25) is 10.0 Å². The van der Waals surface area contributed by atoms with Crippen molar-refractivity contribution in [2.45, 2.75) is 11.3 Å². The van der Waals surface area contributed by atoms with E-state index in [0.717, 1.165) is 6.07 Å². The molecule has 0 amide bonds. The fraction of sp³-hybridized carbons (Fsp3) is 0.250. The molecule has 0 bridgehead atoms. The van der Waals surface area contributed by atoms with Gasteiger partial charge in [0, 0.05) is 5.02 Å². The van der Waals surface area contributed by atoms with E-state index in [1.807, 2.05) is 0 Å². The van der Waals surface area contributed by atoms with Crippen LogP contribution in [0.2, 0.25) is 10.0 Å². The summed E-state index contributed by atoms with van der Waals surface area (Å²) >= 11 is 11.3. The quantitative estimate of drug-likeness (QED) is 0.837. The number of nitrogens with one attached hydrogen (secondary N) is 1. The van der Waals surface area contributed by atoms with Crippen LogP contribution in [0.15, 0.2) is 17.0 Å². The Balaban J connectivity index is 3.16. The molecule has 0 spiro atoms. The highest BCUT2D eigenvalue weighted by molar-refractivity contribution is 7.89. The number of anilines is 1. The summed E-state index contributed by atoms with van der Waals surface area (Å²) < 4.78 is 48.8. The number of nitrogen functional groups attached to an aromatic ring is 1. The molecule has 96 valence electrons. The number of alkyl halides is 2. The zero-order valence-electron chi connectivity index (χ0n) is 8.25. The van der Waals surface area contributed by atoms with Crippen molar-refractivity contribution in [3.63, 3.8) is 0 Å². The van der Waals surface area contributed by atoms with Gasteiger partial charge >= 0.3 is 0 Å². The van der Waals surface area contributed by atoms with Gasteiger partial charge in [-0.15, -0.1) is 0 Å². The zero-order chi connectivity index (χ0) is 13.2. The minimum atomic E-state index is -4.18. The van der Waals surface area contributed by atoms with Crippen molar-refractivity contribution in [1.82, 2.24) is 4.72 Å². The Bertz CT molecular complexity index is 499. The lowest BCUT2D eigenvalue weighted by Crippen LogP contribution is -2.29. The third-order valence-corrected chi connectivity index (χ3v) is 3.90. The van der Waals surface area contributed by atoms with Crippen LogP contribution in [0, 0.1) is 0 Å². The molecule has 0 aliphatic rings. The van der Waals surface area contributed by atoms with E-state index in [1.165, 1.54) is 6.07 Å². The van der Waals surface area contributed by atoms with Crippen molar-refractivity contribution in [2.75, 3.05) is 12.3 Å². The number of rotatable bonds is 4. The monoisotopic (exact) mass is 304 g/mol. The average Bonchev–Trinajstić information content (AvgIpc) is 2.12. The molecule has 17 heavy (non-hydrogen) atoms. The molecule has 0 atom stereocenters. The molecule has 1 rings (SSSR count). The fourth-order valence-electron chi connectivity index (χ4n) is 1.11. The molecule has 0 aromatic heterocycles. The molecule has 0 aliphatic heterocycles. The lowest BCUT2D eigenvalue weighted by Gasteiger charge is -2.10. The van der Waals surface area contributed by atoms with Gasteiger partial charge in [-0.2, -0.15) is 0 Å². The lowest BCUT2D eigenvalue weighted by molar-refractivity contribution is 0.153. The summed E-state index contributed by atoms with van der Waals surface area (Å²) in [5.74, 6) is 0. The summed E-state index contributed by atoms with van der Waals surface area (Å²) in [7, 11) is -4.18. The van der Waals surface area contributed by atoms with Gasteiger partial charge in [0.15, 0.2) is 0 Å². The topological polar surface area (TPSA) is 72.2 Å². The Morgan fingerprint density at radius 1 is 1.35 bits per heavy atom. The van der Waals surface area contributed by atoms with E-state index in [2.05, 4.69) is 0 Å². The van der Waals surface area contributed by atoms with Gasteiger partial charge < -0.3 is 5.73 Å². The minimum absolute atomic E-state index is 0.153. The Morgan fingerprint density at radius 3 is 2.41 bits per heavy atom. The van der Waals surface area contributed by atoms with Gasteiger partial charge in [-0.25, -0.2) is 21.9 Å². The van der Waals surface area contributed by atoms with Gasteiger partial charge in [-0.1, -0.05) is 23.2 Å². The van der Waals surface area contributed by atoms with Crippen molar-refractivity contribution in [3.8, 4) is 0 Å². The fourth-order valence-corrected chi connectivity index (χ4v) is 3.10. The van der Waals surface area contributed by atoms with E-state index < -0.39 is 27.9 Å². The lowest BCUT2D eigenvalue weighted by atomic mass is 10.3. The van der Waals surface area contributed by atoms with Gasteiger partial charge in [0.1, 0.15) is 4.90 Å². The summed E-state index contributed by atoms with van der Waals surface area (Å²) in [5, 5.41) is -0.0722. The van der Waals surface area contributed by atoms with E-state index in [-0.39, 0.29) is 15.7 Å². The number of benzene rings is 1. The van der Waals surface area contributed by atoms with Crippen LogP contribution >= 0.6 is 23.2 Å².